The van der Waals surface area contributed by atoms with Crippen molar-refractivity contribution < 1.29 is 4.79 Å². The monoisotopic (exact) mass is 149 g/mol. The van der Waals surface area contributed by atoms with Crippen LogP contribution in [0.5, 0.6) is 0 Å². The lowest BCUT2D eigenvalue weighted by Crippen LogP contribution is -2.29. The van der Waals surface area contributed by atoms with E-state index in [2.05, 4.69) is 4.99 Å². The van der Waals surface area contributed by atoms with Crippen LogP contribution in [0.15, 0.2) is 17.3 Å². The topological polar surface area (TPSA) is 29.4 Å². The largest absolute Gasteiger partial charge is 0.299 e. The maximum atomic E-state index is 11.3. The number of carbonyl (C=O) groups excluding carboxylic acids is 1. The molecule has 1 atom stereocenters. The molecule has 0 radical (unpaired) electrons. The standard InChI is InChI=1S/C9H11NO/c11-9-5-1-4-8-7(9)3-2-6-10-8/h2,6-7H,1,3-5H2. The quantitative estimate of drug-likeness (QED) is 0.515. The van der Waals surface area contributed by atoms with E-state index in [4.69, 9.17) is 0 Å². The van der Waals surface area contributed by atoms with Gasteiger partial charge < -0.3 is 0 Å². The van der Waals surface area contributed by atoms with Gasteiger partial charge in [0.1, 0.15) is 5.78 Å². The van der Waals surface area contributed by atoms with E-state index in [0.717, 1.165) is 31.4 Å². The fraction of sp³-hybridized carbons (Fsp3) is 0.556. The predicted octanol–water partition coefficient (Wildman–Crippen LogP) is 1.71. The third-order valence-corrected chi connectivity index (χ3v) is 2.36. The average molecular weight is 149 g/mol. The molecular formula is C9H11NO. The number of ketones is 1. The van der Waals surface area contributed by atoms with Crippen LogP contribution in [-0.2, 0) is 4.79 Å². The zero-order valence-electron chi connectivity index (χ0n) is 6.42. The molecule has 0 aromatic heterocycles. The summed E-state index contributed by atoms with van der Waals surface area (Å²) in [6, 6.07) is 0. The van der Waals surface area contributed by atoms with Crippen molar-refractivity contribution in [1.29, 1.82) is 0 Å². The summed E-state index contributed by atoms with van der Waals surface area (Å²) in [7, 11) is 0. The van der Waals surface area contributed by atoms with Gasteiger partial charge in [0, 0.05) is 18.3 Å². The average Bonchev–Trinajstić information content (AvgIpc) is 2.06. The molecule has 1 aliphatic heterocycles. The lowest BCUT2D eigenvalue weighted by atomic mass is 9.83. The molecular weight excluding hydrogens is 138 g/mol. The fourth-order valence-corrected chi connectivity index (χ4v) is 1.75. The lowest BCUT2D eigenvalue weighted by molar-refractivity contribution is -0.121. The van der Waals surface area contributed by atoms with Gasteiger partial charge in [0.2, 0.25) is 0 Å². The van der Waals surface area contributed by atoms with Gasteiger partial charge >= 0.3 is 0 Å². The van der Waals surface area contributed by atoms with Crippen LogP contribution >= 0.6 is 0 Å². The highest BCUT2D eigenvalue weighted by molar-refractivity contribution is 6.07. The molecule has 1 aliphatic carbocycles. The van der Waals surface area contributed by atoms with Gasteiger partial charge in [0.15, 0.2) is 0 Å². The number of hydrogen-bond acceptors (Lipinski definition) is 2. The van der Waals surface area contributed by atoms with Crippen LogP contribution in [-0.4, -0.2) is 11.5 Å². The zero-order valence-corrected chi connectivity index (χ0v) is 6.42. The molecule has 0 aromatic carbocycles. The third kappa shape index (κ3) is 1.13. The van der Waals surface area contributed by atoms with Crippen LogP contribution < -0.4 is 0 Å². The van der Waals surface area contributed by atoms with Crippen LogP contribution in [0.1, 0.15) is 25.7 Å². The van der Waals surface area contributed by atoms with Crippen LogP contribution in [0, 0.1) is 5.92 Å². The van der Waals surface area contributed by atoms with E-state index in [0.29, 0.717) is 5.78 Å². The first-order valence-corrected chi connectivity index (χ1v) is 4.12. The summed E-state index contributed by atoms with van der Waals surface area (Å²) in [6.45, 7) is 0. The molecule has 0 amide bonds. The molecule has 58 valence electrons. The number of allylic oxidation sites excluding steroid dienone is 1. The first kappa shape index (κ1) is 6.77. The Kier molecular flexibility index (Phi) is 1.60. The summed E-state index contributed by atoms with van der Waals surface area (Å²) >= 11 is 0. The van der Waals surface area contributed by atoms with E-state index in [-0.39, 0.29) is 5.92 Å². The summed E-state index contributed by atoms with van der Waals surface area (Å²) in [6.07, 6.45) is 7.49. The van der Waals surface area contributed by atoms with Crippen LogP contribution in [0.2, 0.25) is 0 Å². The number of fused-ring (bicyclic) bond motifs is 1. The van der Waals surface area contributed by atoms with Crippen molar-refractivity contribution >= 4 is 11.5 Å². The number of Topliss-reactive ketones (excluding diaryl/α,β-unsaturated/α-hetero) is 1. The number of aliphatic imine (C=N–C) groups is 1. The molecule has 1 unspecified atom stereocenters. The summed E-state index contributed by atoms with van der Waals surface area (Å²) < 4.78 is 0. The number of rotatable bonds is 0. The van der Waals surface area contributed by atoms with Crippen LogP contribution in [0.25, 0.3) is 0 Å². The van der Waals surface area contributed by atoms with Crippen LogP contribution in [0.4, 0.5) is 0 Å². The highest BCUT2D eigenvalue weighted by atomic mass is 16.1. The molecule has 2 rings (SSSR count). The Bertz CT molecular complexity index is 240. The van der Waals surface area contributed by atoms with Gasteiger partial charge in [-0.15, -0.1) is 0 Å². The highest BCUT2D eigenvalue weighted by Gasteiger charge is 2.27. The van der Waals surface area contributed by atoms with E-state index in [1.807, 2.05) is 12.3 Å². The Morgan fingerprint density at radius 3 is 3.18 bits per heavy atom. The molecule has 2 aliphatic rings. The molecule has 0 bridgehead atoms. The molecule has 1 fully saturated rings. The normalized spacial score (nSPS) is 29.6. The number of nitrogens with zero attached hydrogens (tertiary/aromatic N) is 1. The second kappa shape index (κ2) is 2.61. The van der Waals surface area contributed by atoms with Crippen molar-refractivity contribution in [3.63, 3.8) is 0 Å². The van der Waals surface area contributed by atoms with Crippen molar-refractivity contribution in [2.24, 2.45) is 10.9 Å². The van der Waals surface area contributed by atoms with Gasteiger partial charge in [0.05, 0.1) is 5.92 Å². The molecule has 11 heavy (non-hydrogen) atoms. The maximum absolute atomic E-state index is 11.3. The molecule has 2 heteroatoms. The van der Waals surface area contributed by atoms with E-state index in [1.165, 1.54) is 0 Å². The minimum Gasteiger partial charge on any atom is -0.299 e. The Hall–Kier alpha value is -0.920. The third-order valence-electron chi connectivity index (χ3n) is 2.36. The lowest BCUT2D eigenvalue weighted by Gasteiger charge is -2.23. The Morgan fingerprint density at radius 1 is 1.45 bits per heavy atom. The van der Waals surface area contributed by atoms with Crippen molar-refractivity contribution in [3.05, 3.63) is 12.3 Å². The smallest absolute Gasteiger partial charge is 0.141 e. The van der Waals surface area contributed by atoms with Gasteiger partial charge in [-0.25, -0.2) is 0 Å². The second-order valence-corrected chi connectivity index (χ2v) is 3.11. The minimum absolute atomic E-state index is 0.147. The molecule has 0 aromatic rings. The number of carbonyl (C=O) groups is 1. The molecule has 0 spiro atoms. The zero-order chi connectivity index (χ0) is 7.68. The maximum Gasteiger partial charge on any atom is 0.141 e. The minimum atomic E-state index is 0.147. The number of hydrogen-bond donors (Lipinski definition) is 0. The van der Waals surface area contributed by atoms with Gasteiger partial charge in [-0.05, 0) is 19.3 Å². The summed E-state index contributed by atoms with van der Waals surface area (Å²) in [5.74, 6) is 0.535. The molecule has 1 saturated carbocycles. The molecule has 0 saturated heterocycles. The first-order chi connectivity index (χ1) is 5.38. The van der Waals surface area contributed by atoms with E-state index in [1.54, 1.807) is 0 Å². The van der Waals surface area contributed by atoms with Gasteiger partial charge in [-0.2, -0.15) is 0 Å². The summed E-state index contributed by atoms with van der Waals surface area (Å²) in [5, 5.41) is 0. The SMILES string of the molecule is O=C1CCCC2=NC=CCC12. The summed E-state index contributed by atoms with van der Waals surface area (Å²) in [4.78, 5) is 15.5. The van der Waals surface area contributed by atoms with Crippen molar-refractivity contribution in [2.75, 3.05) is 0 Å². The van der Waals surface area contributed by atoms with Gasteiger partial charge in [-0.1, -0.05) is 6.08 Å². The molecule has 2 nitrogen and oxygen atoms in total. The van der Waals surface area contributed by atoms with Crippen molar-refractivity contribution in [3.8, 4) is 0 Å². The Labute approximate surface area is 66.0 Å². The van der Waals surface area contributed by atoms with Gasteiger partial charge in [0.25, 0.3) is 0 Å². The van der Waals surface area contributed by atoms with Crippen molar-refractivity contribution in [2.45, 2.75) is 25.7 Å². The highest BCUT2D eigenvalue weighted by Crippen LogP contribution is 2.24. The van der Waals surface area contributed by atoms with Crippen molar-refractivity contribution in [1.82, 2.24) is 0 Å². The first-order valence-electron chi connectivity index (χ1n) is 4.12. The van der Waals surface area contributed by atoms with E-state index in [9.17, 15) is 4.79 Å². The Morgan fingerprint density at radius 2 is 2.36 bits per heavy atom. The van der Waals surface area contributed by atoms with Crippen LogP contribution in [0.3, 0.4) is 0 Å². The predicted molar refractivity (Wildman–Crippen MR) is 43.5 cm³/mol. The Balaban J connectivity index is 2.24. The molecule has 0 N–H and O–H groups in total. The fourth-order valence-electron chi connectivity index (χ4n) is 1.75. The second-order valence-electron chi connectivity index (χ2n) is 3.11. The van der Waals surface area contributed by atoms with Gasteiger partial charge in [-0.3, -0.25) is 9.79 Å². The molecule has 1 heterocycles. The van der Waals surface area contributed by atoms with E-state index < -0.39 is 0 Å². The van der Waals surface area contributed by atoms with E-state index >= 15 is 0 Å². The summed E-state index contributed by atoms with van der Waals surface area (Å²) in [5.41, 5.74) is 1.11.